The first kappa shape index (κ1) is 9.99. The third kappa shape index (κ3) is 3.72. The van der Waals surface area contributed by atoms with Gasteiger partial charge in [-0.25, -0.2) is 4.79 Å². The van der Waals surface area contributed by atoms with Crippen LogP contribution in [-0.2, 0) is 9.59 Å². The molecule has 4 heteroatoms. The summed E-state index contributed by atoms with van der Waals surface area (Å²) in [6.45, 7) is 3.08. The molecule has 0 aromatic carbocycles. The largest absolute Gasteiger partial charge is 0.541 e. The van der Waals surface area contributed by atoms with Gasteiger partial charge >= 0.3 is 5.97 Å². The number of hydrogen-bond acceptors (Lipinski definition) is 2. The van der Waals surface area contributed by atoms with E-state index in [0.717, 1.165) is 0 Å². The number of carboxylic acids is 1. The molecule has 0 atom stereocenters. The van der Waals surface area contributed by atoms with Crippen LogP contribution in [0.1, 0.15) is 6.42 Å². The Hall–Kier alpha value is -2.12. The van der Waals surface area contributed by atoms with Gasteiger partial charge in [-0.3, -0.25) is 6.29 Å². The Bertz CT molecular complexity index is 130. The molecule has 0 radical (unpaired) electrons. The maximum Gasteiger partial charge on any atom is 0.328 e. The molecule has 0 aromatic heterocycles. The molecular formula is C5H5O3Rf-. The topological polar surface area (TPSA) is 54.4 Å². The molecule has 0 saturated carbocycles. The van der Waals surface area contributed by atoms with E-state index < -0.39 is 5.97 Å². The van der Waals surface area contributed by atoms with E-state index in [1.807, 2.05) is 0 Å². The van der Waals surface area contributed by atoms with Crippen LogP contribution in [0.4, 0.5) is 0 Å². The normalized spacial score (nSPS) is 7.11. The first-order valence-corrected chi connectivity index (χ1v) is 1.94. The summed E-state index contributed by atoms with van der Waals surface area (Å²) in [7, 11) is 0. The molecule has 0 fully saturated rings. The number of carboxylic acid groups (broad SMARTS) is 1. The van der Waals surface area contributed by atoms with Gasteiger partial charge in [0, 0.05) is 5.57 Å². The van der Waals surface area contributed by atoms with E-state index in [-0.39, 0.29) is 12.0 Å². The zero-order valence-electron chi connectivity index (χ0n) is 4.89. The van der Waals surface area contributed by atoms with Gasteiger partial charge in [0.2, 0.25) is 0 Å². The Balaban J connectivity index is 0. The summed E-state index contributed by atoms with van der Waals surface area (Å²) in [5, 5.41) is 8.03. The van der Waals surface area contributed by atoms with Crippen molar-refractivity contribution in [3.8, 4) is 0 Å². The summed E-state index contributed by atoms with van der Waals surface area (Å²) in [5.74, 6) is -1.15. The van der Waals surface area contributed by atoms with Crippen LogP contribution in [0.15, 0.2) is 12.2 Å². The van der Waals surface area contributed by atoms with Gasteiger partial charge in [0.15, 0.2) is 0 Å². The minimum absolute atomic E-state index is 0. The third-order valence-electron chi connectivity index (χ3n) is 0.588. The fourth-order valence-corrected chi connectivity index (χ4v) is 0.163. The average molecular weight is 380 g/mol. The van der Waals surface area contributed by atoms with Gasteiger partial charge in [0.05, 0.1) is 0 Å². The summed E-state index contributed by atoms with van der Waals surface area (Å²) >= 11 is 0. The fourth-order valence-electron chi connectivity index (χ4n) is 0.163. The molecular weight excluding hydrogens is 375 g/mol. The van der Waals surface area contributed by atoms with Crippen molar-refractivity contribution in [3.63, 3.8) is 0 Å². The summed E-state index contributed by atoms with van der Waals surface area (Å²) in [6, 6.07) is 0. The van der Waals surface area contributed by atoms with E-state index in [0.29, 0.717) is 0 Å². The Morgan fingerprint density at radius 1 is 1.67 bits per heavy atom. The second-order valence-corrected chi connectivity index (χ2v) is 1.23. The predicted octanol–water partition coefficient (Wildman–Crippen LogP) is 0.127. The van der Waals surface area contributed by atoms with Gasteiger partial charge in [-0.2, -0.15) is 0 Å². The SMILES string of the molecule is C=C(C[C-]=O)C(=O)O.[Rf]. The van der Waals surface area contributed by atoms with E-state index >= 15 is 0 Å². The second kappa shape index (κ2) is 4.05. The standard InChI is InChI=1S/C5H5O3.Rf/c1-4(2-3-6)5(7)8;/h1-2H2,(H,7,8);/q-1;. The van der Waals surface area contributed by atoms with Crippen LogP contribution in [0, 0.1) is 0 Å². The van der Waals surface area contributed by atoms with E-state index in [1.165, 1.54) is 6.29 Å². The number of hydrogen-bond donors (Lipinski definition) is 1. The van der Waals surface area contributed by atoms with E-state index in [1.54, 1.807) is 0 Å². The first-order valence-electron chi connectivity index (χ1n) is 1.94. The van der Waals surface area contributed by atoms with Crippen LogP contribution in [0.5, 0.6) is 0 Å². The summed E-state index contributed by atoms with van der Waals surface area (Å²) < 4.78 is 0. The maximum atomic E-state index is 9.81. The monoisotopic (exact) mass is 380 g/mol. The minimum Gasteiger partial charge on any atom is -0.541 e. The Morgan fingerprint density at radius 3 is 2.22 bits per heavy atom. The smallest absolute Gasteiger partial charge is 0.328 e. The molecule has 0 aromatic rings. The molecule has 3 nitrogen and oxygen atoms in total. The van der Waals surface area contributed by atoms with Gasteiger partial charge in [0.25, 0.3) is 0 Å². The van der Waals surface area contributed by atoms with Crippen molar-refractivity contribution in [2.75, 3.05) is 0 Å². The van der Waals surface area contributed by atoms with Gasteiger partial charge < -0.3 is 9.90 Å². The van der Waals surface area contributed by atoms with Crippen molar-refractivity contribution in [2.45, 2.75) is 6.42 Å². The van der Waals surface area contributed by atoms with Gasteiger partial charge in [-0.15, -0.1) is 6.42 Å². The number of rotatable bonds is 3. The van der Waals surface area contributed by atoms with Gasteiger partial charge in [0.1, 0.15) is 0 Å². The van der Waals surface area contributed by atoms with Gasteiger partial charge in [-0.1, -0.05) is 6.58 Å². The number of aliphatic carboxylic acids is 1. The van der Waals surface area contributed by atoms with Crippen molar-refractivity contribution in [1.29, 1.82) is 0 Å². The van der Waals surface area contributed by atoms with Crippen LogP contribution in [0.3, 0.4) is 0 Å². The molecule has 0 spiro atoms. The second-order valence-electron chi connectivity index (χ2n) is 1.23. The van der Waals surface area contributed by atoms with Crippen LogP contribution < -0.4 is 0 Å². The van der Waals surface area contributed by atoms with E-state index in [2.05, 4.69) is 6.58 Å². The van der Waals surface area contributed by atoms with Gasteiger partial charge in [-0.05, 0) is 0 Å². The molecule has 46 valence electrons. The summed E-state index contributed by atoms with van der Waals surface area (Å²) in [5.41, 5.74) is -0.125. The molecule has 0 heterocycles. The number of carbonyl (C=O) groups excluding carboxylic acids is 1. The predicted molar refractivity (Wildman–Crippen MR) is 27.1 cm³/mol. The molecule has 0 aliphatic carbocycles. The Kier molecular flexibility index (Phi) is 4.49. The quantitative estimate of drug-likeness (QED) is 0.560. The Labute approximate surface area is 46.6 Å². The molecule has 0 unspecified atom stereocenters. The minimum atomic E-state index is -1.15. The third-order valence-corrected chi connectivity index (χ3v) is 0.588. The zero-order valence-corrected chi connectivity index (χ0v) is 11.3. The summed E-state index contributed by atoms with van der Waals surface area (Å²) in [6.07, 6.45) is 1.21. The van der Waals surface area contributed by atoms with Crippen LogP contribution >= 0.6 is 0 Å². The molecule has 0 rings (SSSR count). The average Bonchev–Trinajstić information content (AvgIpc) is 1.67. The maximum absolute atomic E-state index is 9.81. The van der Waals surface area contributed by atoms with Crippen LogP contribution in [-0.4, -0.2) is 17.4 Å². The molecule has 0 aliphatic heterocycles. The zero-order chi connectivity index (χ0) is 6.57. The van der Waals surface area contributed by atoms with Crippen molar-refractivity contribution < 1.29 is 14.7 Å². The molecule has 0 aliphatic rings. The molecule has 0 saturated heterocycles. The van der Waals surface area contributed by atoms with Crippen molar-refractivity contribution in [3.05, 3.63) is 12.2 Å². The van der Waals surface area contributed by atoms with Crippen LogP contribution in [0.2, 0.25) is 0 Å². The molecule has 0 amide bonds. The number of carbonyl (C=O) groups is 1. The molecule has 0 bridgehead atoms. The van der Waals surface area contributed by atoms with Crippen molar-refractivity contribution >= 4 is 12.3 Å². The van der Waals surface area contributed by atoms with Crippen molar-refractivity contribution in [1.82, 2.24) is 0 Å². The first-order chi connectivity index (χ1) is 3.68. The molecule has 9 heavy (non-hydrogen) atoms. The van der Waals surface area contributed by atoms with Crippen molar-refractivity contribution in [2.24, 2.45) is 0 Å². The van der Waals surface area contributed by atoms with E-state index in [4.69, 9.17) is 5.11 Å². The Morgan fingerprint density at radius 2 is 2.11 bits per heavy atom. The van der Waals surface area contributed by atoms with Crippen LogP contribution in [0.25, 0.3) is 0 Å². The van der Waals surface area contributed by atoms with E-state index in [9.17, 15) is 9.59 Å². The fraction of sp³-hybridized carbons (Fsp3) is 0.200. The molecule has 1 N–H and O–H groups in total. The summed E-state index contributed by atoms with van der Waals surface area (Å²) in [4.78, 5) is 19.3.